The number of rotatable bonds is 5. The lowest BCUT2D eigenvalue weighted by Gasteiger charge is -2.08. The zero-order chi connectivity index (χ0) is 20.9. The van der Waals surface area contributed by atoms with Crippen LogP contribution in [0.2, 0.25) is 0 Å². The van der Waals surface area contributed by atoms with Gasteiger partial charge in [-0.15, -0.1) is 0 Å². The Kier molecular flexibility index (Phi) is 4.37. The maximum Gasteiger partial charge on any atom is 0.332 e. The Bertz CT molecular complexity index is 1350. The predicted octanol–water partition coefficient (Wildman–Crippen LogP) is 1.38. The minimum atomic E-state index is -0.475. The summed E-state index contributed by atoms with van der Waals surface area (Å²) in [7, 11) is 2.96. The van der Waals surface area contributed by atoms with Gasteiger partial charge >= 0.3 is 5.69 Å². The van der Waals surface area contributed by atoms with E-state index < -0.39 is 11.2 Å². The van der Waals surface area contributed by atoms with Gasteiger partial charge in [0.2, 0.25) is 0 Å². The molecule has 0 fully saturated rings. The van der Waals surface area contributed by atoms with E-state index >= 15 is 0 Å². The van der Waals surface area contributed by atoms with Gasteiger partial charge in [0.15, 0.2) is 16.9 Å². The van der Waals surface area contributed by atoms with Crippen LogP contribution in [0.5, 0.6) is 0 Å². The van der Waals surface area contributed by atoms with E-state index in [0.29, 0.717) is 12.1 Å². The number of nitrogens with zero attached hydrogens (tertiary/aromatic N) is 5. The molecule has 0 saturated heterocycles. The van der Waals surface area contributed by atoms with Crippen molar-refractivity contribution in [3.8, 4) is 0 Å². The number of imidazole rings is 1. The second-order valence-electron chi connectivity index (χ2n) is 7.12. The molecule has 4 rings (SSSR count). The lowest BCUT2D eigenvalue weighted by molar-refractivity contribution is 0.0972. The van der Waals surface area contributed by atoms with Gasteiger partial charge in [0.1, 0.15) is 5.76 Å². The van der Waals surface area contributed by atoms with Crippen LogP contribution in [0.1, 0.15) is 27.5 Å². The Morgan fingerprint density at radius 3 is 2.62 bits per heavy atom. The van der Waals surface area contributed by atoms with Crippen LogP contribution < -0.4 is 11.2 Å². The van der Waals surface area contributed by atoms with Crippen LogP contribution >= 0.6 is 0 Å². The number of aromatic nitrogens is 5. The third kappa shape index (κ3) is 2.95. The Morgan fingerprint density at radius 1 is 1.17 bits per heavy atom. The molecule has 0 saturated carbocycles. The number of carbonyl (C=O) groups is 1. The lowest BCUT2D eigenvalue weighted by Crippen LogP contribution is -2.37. The molecular weight excluding hydrogens is 374 g/mol. The van der Waals surface area contributed by atoms with Gasteiger partial charge in [0.25, 0.3) is 5.56 Å². The highest BCUT2D eigenvalue weighted by molar-refractivity contribution is 5.98. The van der Waals surface area contributed by atoms with Crippen molar-refractivity contribution in [2.24, 2.45) is 14.1 Å². The van der Waals surface area contributed by atoms with Crippen molar-refractivity contribution >= 4 is 16.9 Å². The van der Waals surface area contributed by atoms with E-state index in [4.69, 9.17) is 4.42 Å². The summed E-state index contributed by atoms with van der Waals surface area (Å²) in [6, 6.07) is 5.55. The maximum atomic E-state index is 13.0. The number of Topliss-reactive ketones (excluding diaryl/α,β-unsaturated/α-hetero) is 1. The summed E-state index contributed by atoms with van der Waals surface area (Å²) in [5.41, 5.74) is 1.90. The molecule has 0 aliphatic heterocycles. The molecule has 9 nitrogen and oxygen atoms in total. The molecule has 29 heavy (non-hydrogen) atoms. The maximum absolute atomic E-state index is 13.0. The zero-order valence-corrected chi connectivity index (χ0v) is 16.7. The first-order chi connectivity index (χ1) is 13.8. The molecular formula is C20H21N5O4. The molecule has 4 heterocycles. The molecule has 4 aromatic heterocycles. The summed E-state index contributed by atoms with van der Waals surface area (Å²) < 4.78 is 11.2. The van der Waals surface area contributed by atoms with E-state index in [1.54, 1.807) is 13.3 Å². The Balaban J connectivity index is 1.71. The molecule has 0 unspecified atom stereocenters. The van der Waals surface area contributed by atoms with E-state index in [1.165, 1.54) is 22.5 Å². The van der Waals surface area contributed by atoms with Gasteiger partial charge in [0, 0.05) is 31.0 Å². The second-order valence-corrected chi connectivity index (χ2v) is 7.12. The van der Waals surface area contributed by atoms with Gasteiger partial charge in [-0.2, -0.15) is 0 Å². The first-order valence-electron chi connectivity index (χ1n) is 9.12. The first-order valence-corrected chi connectivity index (χ1v) is 9.12. The quantitative estimate of drug-likeness (QED) is 0.476. The molecule has 4 aromatic rings. The van der Waals surface area contributed by atoms with Crippen LogP contribution in [0.15, 0.2) is 44.8 Å². The third-order valence-corrected chi connectivity index (χ3v) is 5.30. The molecule has 0 aliphatic carbocycles. The van der Waals surface area contributed by atoms with E-state index in [1.807, 2.05) is 36.6 Å². The van der Waals surface area contributed by atoms with Gasteiger partial charge in [-0.05, 0) is 32.0 Å². The van der Waals surface area contributed by atoms with Crippen molar-refractivity contribution in [3.63, 3.8) is 0 Å². The van der Waals surface area contributed by atoms with Crippen LogP contribution in [0.25, 0.3) is 11.2 Å². The van der Waals surface area contributed by atoms with Crippen molar-refractivity contribution in [1.82, 2.24) is 23.3 Å². The highest BCUT2D eigenvalue weighted by Gasteiger charge is 2.20. The number of fused-ring (bicyclic) bond motifs is 1. The van der Waals surface area contributed by atoms with Crippen molar-refractivity contribution in [3.05, 3.63) is 74.3 Å². The number of furan rings is 1. The van der Waals surface area contributed by atoms with Crippen LogP contribution in [-0.2, 0) is 27.2 Å². The molecule has 150 valence electrons. The zero-order valence-electron chi connectivity index (χ0n) is 16.7. The molecule has 0 atom stereocenters. The van der Waals surface area contributed by atoms with Gasteiger partial charge < -0.3 is 13.6 Å². The fraction of sp³-hybridized carbons (Fsp3) is 0.300. The van der Waals surface area contributed by atoms with Crippen LogP contribution in [-0.4, -0.2) is 29.0 Å². The topological polar surface area (TPSA) is 97.0 Å². The summed E-state index contributed by atoms with van der Waals surface area (Å²) in [6.45, 7) is 4.31. The molecule has 0 aliphatic rings. The average Bonchev–Trinajstić information content (AvgIpc) is 3.41. The average molecular weight is 395 g/mol. The number of hydrogen-bond donors (Lipinski definition) is 0. The lowest BCUT2D eigenvalue weighted by atomic mass is 10.1. The monoisotopic (exact) mass is 395 g/mol. The molecule has 0 N–H and O–H groups in total. The largest absolute Gasteiger partial charge is 0.467 e. The molecule has 0 bridgehead atoms. The Labute approximate surface area is 165 Å². The van der Waals surface area contributed by atoms with E-state index in [9.17, 15) is 14.4 Å². The van der Waals surface area contributed by atoms with Gasteiger partial charge in [-0.25, -0.2) is 9.78 Å². The van der Waals surface area contributed by atoms with Crippen molar-refractivity contribution in [2.45, 2.75) is 26.9 Å². The molecule has 0 aromatic carbocycles. The first kappa shape index (κ1) is 18.7. The number of carbonyl (C=O) groups excluding carboxylic acids is 1. The molecule has 0 radical (unpaired) electrons. The van der Waals surface area contributed by atoms with Crippen LogP contribution in [0, 0.1) is 13.8 Å². The van der Waals surface area contributed by atoms with Crippen molar-refractivity contribution < 1.29 is 9.21 Å². The number of aryl methyl sites for hydroxylation is 2. The minimum Gasteiger partial charge on any atom is -0.467 e. The van der Waals surface area contributed by atoms with Gasteiger partial charge in [-0.3, -0.25) is 18.7 Å². The Morgan fingerprint density at radius 2 is 1.93 bits per heavy atom. The smallest absolute Gasteiger partial charge is 0.332 e. The number of ketones is 1. The van der Waals surface area contributed by atoms with Gasteiger partial charge in [-0.1, -0.05) is 0 Å². The summed E-state index contributed by atoms with van der Waals surface area (Å²) in [6.07, 6.45) is 3.04. The van der Waals surface area contributed by atoms with Crippen LogP contribution in [0.4, 0.5) is 0 Å². The fourth-order valence-electron chi connectivity index (χ4n) is 3.64. The van der Waals surface area contributed by atoms with E-state index in [-0.39, 0.29) is 23.5 Å². The van der Waals surface area contributed by atoms with Gasteiger partial charge in [0.05, 0.1) is 25.7 Å². The van der Waals surface area contributed by atoms with E-state index in [2.05, 4.69) is 4.98 Å². The molecule has 0 spiro atoms. The standard InChI is InChI=1S/C20H21N5O4/c1-12-8-15(13(2)25(12)9-14-6-5-7-29-14)16(26)10-24-11-21-18-17(24)19(27)23(4)20(28)22(18)3/h5-8,11H,9-10H2,1-4H3. The normalized spacial score (nSPS) is 11.4. The van der Waals surface area contributed by atoms with Crippen molar-refractivity contribution in [1.29, 1.82) is 0 Å². The summed E-state index contributed by atoms with van der Waals surface area (Å²) >= 11 is 0. The van der Waals surface area contributed by atoms with Crippen molar-refractivity contribution in [2.75, 3.05) is 0 Å². The predicted molar refractivity (Wildman–Crippen MR) is 106 cm³/mol. The summed E-state index contributed by atoms with van der Waals surface area (Å²) in [5, 5.41) is 0. The highest BCUT2D eigenvalue weighted by Crippen LogP contribution is 2.19. The SMILES string of the molecule is Cc1cc(C(=O)Cn2cnc3c2c(=O)n(C)c(=O)n3C)c(C)n1Cc1ccco1. The Hall–Kier alpha value is -3.62. The second kappa shape index (κ2) is 6.77. The third-order valence-electron chi connectivity index (χ3n) is 5.30. The summed E-state index contributed by atoms with van der Waals surface area (Å²) in [4.78, 5) is 41.8. The molecule has 0 amide bonds. The van der Waals surface area contributed by atoms with E-state index in [0.717, 1.165) is 21.7 Å². The fourth-order valence-corrected chi connectivity index (χ4v) is 3.64. The van der Waals surface area contributed by atoms with Crippen LogP contribution in [0.3, 0.4) is 0 Å². The number of hydrogen-bond acceptors (Lipinski definition) is 5. The highest BCUT2D eigenvalue weighted by atomic mass is 16.3. The summed E-state index contributed by atoms with van der Waals surface area (Å²) in [5.74, 6) is 0.662. The molecule has 9 heteroatoms. The minimum absolute atomic E-state index is 0.0466.